The number of nitrogens with one attached hydrogen (secondary N) is 1. The summed E-state index contributed by atoms with van der Waals surface area (Å²) in [6.07, 6.45) is 6.47. The van der Waals surface area contributed by atoms with Gasteiger partial charge < -0.3 is 11.1 Å². The lowest BCUT2D eigenvalue weighted by atomic mass is 10.1. The molecule has 0 bridgehead atoms. The maximum absolute atomic E-state index is 12.2. The second-order valence-corrected chi connectivity index (χ2v) is 4.88. The SMILES string of the molecule is CCCCC(CN)NC(=O)c1cccc(-n2cccn2)n1.Cl.Cl. The van der Waals surface area contributed by atoms with Crippen molar-refractivity contribution in [3.8, 4) is 5.82 Å². The fourth-order valence-corrected chi connectivity index (χ4v) is 2.04. The van der Waals surface area contributed by atoms with Gasteiger partial charge in [0.15, 0.2) is 5.82 Å². The molecule has 23 heavy (non-hydrogen) atoms. The number of nitrogens with two attached hydrogens (primary N) is 1. The maximum atomic E-state index is 12.2. The summed E-state index contributed by atoms with van der Waals surface area (Å²) in [4.78, 5) is 16.6. The third kappa shape index (κ3) is 6.17. The summed E-state index contributed by atoms with van der Waals surface area (Å²) in [5.41, 5.74) is 6.07. The van der Waals surface area contributed by atoms with Gasteiger partial charge in [-0.3, -0.25) is 4.79 Å². The number of carbonyl (C=O) groups excluding carboxylic acids is 1. The van der Waals surface area contributed by atoms with Crippen LogP contribution in [0.4, 0.5) is 0 Å². The molecule has 0 aliphatic carbocycles. The Hall–Kier alpha value is -1.63. The van der Waals surface area contributed by atoms with Crippen molar-refractivity contribution in [2.75, 3.05) is 6.54 Å². The average molecular weight is 360 g/mol. The molecule has 0 aromatic carbocycles. The third-order valence-corrected chi connectivity index (χ3v) is 3.23. The topological polar surface area (TPSA) is 85.8 Å². The lowest BCUT2D eigenvalue weighted by molar-refractivity contribution is 0.0930. The van der Waals surface area contributed by atoms with Gasteiger partial charge in [0.25, 0.3) is 5.91 Å². The predicted molar refractivity (Wildman–Crippen MR) is 95.7 cm³/mol. The summed E-state index contributed by atoms with van der Waals surface area (Å²) in [5, 5.41) is 7.04. The first kappa shape index (κ1) is 21.4. The van der Waals surface area contributed by atoms with Crippen molar-refractivity contribution in [1.82, 2.24) is 20.1 Å². The van der Waals surface area contributed by atoms with Crippen LogP contribution in [0.5, 0.6) is 0 Å². The smallest absolute Gasteiger partial charge is 0.270 e. The molecule has 2 heterocycles. The molecule has 0 spiro atoms. The van der Waals surface area contributed by atoms with Gasteiger partial charge in [0.1, 0.15) is 5.69 Å². The zero-order valence-electron chi connectivity index (χ0n) is 13.0. The molecule has 0 saturated heterocycles. The molecule has 128 valence electrons. The molecule has 2 rings (SSSR count). The van der Waals surface area contributed by atoms with Crippen molar-refractivity contribution >= 4 is 30.7 Å². The fraction of sp³-hybridized carbons (Fsp3) is 0.400. The van der Waals surface area contributed by atoms with Crippen molar-refractivity contribution in [1.29, 1.82) is 0 Å². The quantitative estimate of drug-likeness (QED) is 0.794. The van der Waals surface area contributed by atoms with Gasteiger partial charge in [-0.1, -0.05) is 25.8 Å². The Balaban J connectivity index is 0.00000242. The zero-order chi connectivity index (χ0) is 15.1. The van der Waals surface area contributed by atoms with Crippen LogP contribution in [0, 0.1) is 0 Å². The molecular formula is C15H23Cl2N5O. The predicted octanol–water partition coefficient (Wildman–Crippen LogP) is 2.36. The van der Waals surface area contributed by atoms with Gasteiger partial charge in [-0.2, -0.15) is 5.10 Å². The Morgan fingerprint density at radius 3 is 2.74 bits per heavy atom. The molecule has 2 aromatic heterocycles. The summed E-state index contributed by atoms with van der Waals surface area (Å²) < 4.78 is 1.62. The van der Waals surface area contributed by atoms with E-state index in [1.54, 1.807) is 35.3 Å². The van der Waals surface area contributed by atoms with E-state index in [-0.39, 0.29) is 36.8 Å². The first-order valence-corrected chi connectivity index (χ1v) is 7.22. The zero-order valence-corrected chi connectivity index (χ0v) is 14.6. The molecule has 2 aromatic rings. The van der Waals surface area contributed by atoms with Gasteiger partial charge in [0.2, 0.25) is 0 Å². The van der Waals surface area contributed by atoms with E-state index in [2.05, 4.69) is 22.3 Å². The van der Waals surface area contributed by atoms with E-state index >= 15 is 0 Å². The van der Waals surface area contributed by atoms with Gasteiger partial charge in [0.05, 0.1) is 0 Å². The summed E-state index contributed by atoms with van der Waals surface area (Å²) in [6, 6.07) is 7.09. The van der Waals surface area contributed by atoms with Crippen LogP contribution in [0.25, 0.3) is 5.82 Å². The highest BCUT2D eigenvalue weighted by Crippen LogP contribution is 2.06. The molecule has 1 amide bonds. The number of rotatable bonds is 7. The van der Waals surface area contributed by atoms with Crippen molar-refractivity contribution in [2.24, 2.45) is 5.73 Å². The van der Waals surface area contributed by atoms with Crippen LogP contribution in [0.3, 0.4) is 0 Å². The molecule has 0 fully saturated rings. The number of hydrogen-bond donors (Lipinski definition) is 2. The molecule has 0 saturated carbocycles. The normalized spacial score (nSPS) is 11.0. The molecule has 0 radical (unpaired) electrons. The summed E-state index contributed by atoms with van der Waals surface area (Å²) in [7, 11) is 0. The Morgan fingerprint density at radius 1 is 1.35 bits per heavy atom. The monoisotopic (exact) mass is 359 g/mol. The fourth-order valence-electron chi connectivity index (χ4n) is 2.04. The molecule has 0 aliphatic rings. The van der Waals surface area contributed by atoms with Crippen LogP contribution >= 0.6 is 24.8 Å². The Morgan fingerprint density at radius 2 is 2.13 bits per heavy atom. The molecule has 0 aliphatic heterocycles. The number of aromatic nitrogens is 3. The number of carbonyl (C=O) groups is 1. The molecule has 8 heteroatoms. The first-order chi connectivity index (χ1) is 10.2. The van der Waals surface area contributed by atoms with Crippen molar-refractivity contribution < 1.29 is 4.79 Å². The molecular weight excluding hydrogens is 337 g/mol. The molecule has 6 nitrogen and oxygen atoms in total. The van der Waals surface area contributed by atoms with E-state index in [9.17, 15) is 4.79 Å². The van der Waals surface area contributed by atoms with Gasteiger partial charge in [-0.05, 0) is 24.6 Å². The second kappa shape index (κ2) is 11.0. The minimum atomic E-state index is -0.199. The van der Waals surface area contributed by atoms with Crippen LogP contribution in [-0.2, 0) is 0 Å². The molecule has 3 N–H and O–H groups in total. The maximum Gasteiger partial charge on any atom is 0.270 e. The highest BCUT2D eigenvalue weighted by atomic mass is 35.5. The van der Waals surface area contributed by atoms with Crippen molar-refractivity contribution in [3.63, 3.8) is 0 Å². The Labute approximate surface area is 148 Å². The standard InChI is InChI=1S/C15H21N5O.2ClH/c1-2-3-6-12(11-16)18-15(21)13-7-4-8-14(19-13)20-10-5-9-17-20;;/h4-5,7-10,12H,2-3,6,11,16H2,1H3,(H,18,21);2*1H. The summed E-state index contributed by atoms with van der Waals surface area (Å²) in [6.45, 7) is 2.55. The van der Waals surface area contributed by atoms with Crippen LogP contribution in [-0.4, -0.2) is 33.3 Å². The number of amides is 1. The number of pyridine rings is 1. The minimum absolute atomic E-state index is 0. The highest BCUT2D eigenvalue weighted by Gasteiger charge is 2.13. The number of halogens is 2. The summed E-state index contributed by atoms with van der Waals surface area (Å²) in [5.74, 6) is 0.418. The largest absolute Gasteiger partial charge is 0.347 e. The van der Waals surface area contributed by atoms with E-state index < -0.39 is 0 Å². The van der Waals surface area contributed by atoms with Gasteiger partial charge in [0, 0.05) is 25.0 Å². The van der Waals surface area contributed by atoms with E-state index in [0.717, 1.165) is 19.3 Å². The van der Waals surface area contributed by atoms with E-state index in [1.165, 1.54) is 0 Å². The van der Waals surface area contributed by atoms with Gasteiger partial charge in [-0.25, -0.2) is 9.67 Å². The van der Waals surface area contributed by atoms with Crippen LogP contribution < -0.4 is 11.1 Å². The lowest BCUT2D eigenvalue weighted by Crippen LogP contribution is -2.40. The Kier molecular flexibility index (Phi) is 10.2. The van der Waals surface area contributed by atoms with E-state index in [4.69, 9.17) is 5.73 Å². The van der Waals surface area contributed by atoms with E-state index in [0.29, 0.717) is 18.1 Å². The molecule has 1 unspecified atom stereocenters. The van der Waals surface area contributed by atoms with Crippen LogP contribution in [0.1, 0.15) is 36.7 Å². The Bertz CT molecular complexity index is 577. The lowest BCUT2D eigenvalue weighted by Gasteiger charge is -2.16. The highest BCUT2D eigenvalue weighted by molar-refractivity contribution is 5.92. The number of unbranched alkanes of at least 4 members (excludes halogenated alkanes) is 1. The third-order valence-electron chi connectivity index (χ3n) is 3.23. The van der Waals surface area contributed by atoms with Crippen LogP contribution in [0.15, 0.2) is 36.7 Å². The summed E-state index contributed by atoms with van der Waals surface area (Å²) >= 11 is 0. The van der Waals surface area contributed by atoms with Crippen molar-refractivity contribution in [2.45, 2.75) is 32.2 Å². The second-order valence-electron chi connectivity index (χ2n) is 4.88. The number of hydrogen-bond acceptors (Lipinski definition) is 4. The molecule has 1 atom stereocenters. The van der Waals surface area contributed by atoms with Gasteiger partial charge in [-0.15, -0.1) is 24.8 Å². The average Bonchev–Trinajstić information content (AvgIpc) is 3.05. The van der Waals surface area contributed by atoms with Gasteiger partial charge >= 0.3 is 0 Å². The van der Waals surface area contributed by atoms with Crippen molar-refractivity contribution in [3.05, 3.63) is 42.4 Å². The van der Waals surface area contributed by atoms with Crippen LogP contribution in [0.2, 0.25) is 0 Å². The minimum Gasteiger partial charge on any atom is -0.347 e. The van der Waals surface area contributed by atoms with E-state index in [1.807, 2.05) is 6.07 Å². The first-order valence-electron chi connectivity index (χ1n) is 7.22. The number of nitrogens with zero attached hydrogens (tertiary/aromatic N) is 3.